The minimum atomic E-state index is -0.503. The van der Waals surface area contributed by atoms with Crippen LogP contribution in [0.25, 0.3) is 33.4 Å². The van der Waals surface area contributed by atoms with Gasteiger partial charge in [-0.3, -0.25) is 0 Å². The molecule has 0 unspecified atom stereocenters. The first-order valence-corrected chi connectivity index (χ1v) is 19.2. The van der Waals surface area contributed by atoms with Crippen molar-refractivity contribution in [2.24, 2.45) is 0 Å². The van der Waals surface area contributed by atoms with E-state index in [0.29, 0.717) is 0 Å². The number of hydrogen-bond donors (Lipinski definition) is 0. The Hall–Kier alpha value is -6.36. The normalized spacial score (nSPS) is 17.8. The van der Waals surface area contributed by atoms with Gasteiger partial charge in [0, 0.05) is 22.4 Å². The highest BCUT2D eigenvalue weighted by molar-refractivity contribution is 6.02. The number of rotatable bonds is 4. The van der Waals surface area contributed by atoms with Gasteiger partial charge in [0.15, 0.2) is 0 Å². The molecule has 54 heavy (non-hydrogen) atoms. The van der Waals surface area contributed by atoms with Gasteiger partial charge in [-0.25, -0.2) is 0 Å². The van der Waals surface area contributed by atoms with Crippen molar-refractivity contribution < 1.29 is 0 Å². The van der Waals surface area contributed by atoms with Crippen LogP contribution in [0, 0.1) is 12.3 Å². The fourth-order valence-corrected chi connectivity index (χ4v) is 10.1. The first-order chi connectivity index (χ1) is 26.5. The van der Waals surface area contributed by atoms with Crippen LogP contribution in [-0.4, -0.2) is 0 Å². The molecular formula is C53H41N. The number of anilines is 3. The lowest BCUT2D eigenvalue weighted by atomic mass is 9.70. The second kappa shape index (κ2) is 12.1. The molecule has 0 heterocycles. The van der Waals surface area contributed by atoms with Crippen molar-refractivity contribution in [2.45, 2.75) is 44.4 Å². The van der Waals surface area contributed by atoms with Gasteiger partial charge in [0.1, 0.15) is 0 Å². The lowest BCUT2D eigenvalue weighted by Crippen LogP contribution is -2.26. The summed E-state index contributed by atoms with van der Waals surface area (Å²) in [5.74, 6) is 2.92. The predicted molar refractivity (Wildman–Crippen MR) is 227 cm³/mol. The largest absolute Gasteiger partial charge is 0.310 e. The topological polar surface area (TPSA) is 3.24 Å². The predicted octanol–water partition coefficient (Wildman–Crippen LogP) is 13.5. The molecule has 1 heteroatoms. The van der Waals surface area contributed by atoms with Crippen LogP contribution in [0.1, 0.15) is 72.6 Å². The summed E-state index contributed by atoms with van der Waals surface area (Å²) in [5.41, 5.74) is 20.7. The second-order valence-electron chi connectivity index (χ2n) is 15.4. The average molecular weight is 692 g/mol. The monoisotopic (exact) mass is 691 g/mol. The van der Waals surface area contributed by atoms with Crippen molar-refractivity contribution in [3.05, 3.63) is 208 Å². The third-order valence-corrected chi connectivity index (χ3v) is 12.4. The molecule has 0 amide bonds. The number of fused-ring (bicyclic) bond motifs is 10. The zero-order valence-corrected chi connectivity index (χ0v) is 31.0. The van der Waals surface area contributed by atoms with E-state index in [9.17, 15) is 0 Å². The Morgan fingerprint density at radius 1 is 0.593 bits per heavy atom. The summed E-state index contributed by atoms with van der Waals surface area (Å²) in [4.78, 5) is 2.50. The molecular weight excluding hydrogens is 651 g/mol. The van der Waals surface area contributed by atoms with Crippen molar-refractivity contribution >= 4 is 28.2 Å². The molecule has 0 fully saturated rings. The summed E-state index contributed by atoms with van der Waals surface area (Å²) in [6, 6.07) is 49.9. The minimum Gasteiger partial charge on any atom is -0.310 e. The van der Waals surface area contributed by atoms with Crippen LogP contribution in [0.15, 0.2) is 169 Å². The number of benzene rings is 6. The molecule has 0 atom stereocenters. The number of para-hydroxylation sites is 1. The smallest absolute Gasteiger partial charge is 0.0723 e. The van der Waals surface area contributed by atoms with Crippen LogP contribution in [0.2, 0.25) is 0 Å². The van der Waals surface area contributed by atoms with Crippen LogP contribution >= 0.6 is 0 Å². The molecule has 258 valence electrons. The van der Waals surface area contributed by atoms with Crippen LogP contribution in [0.3, 0.4) is 0 Å². The van der Waals surface area contributed by atoms with Crippen molar-refractivity contribution in [1.82, 2.24) is 0 Å². The minimum absolute atomic E-state index is 0.128. The number of allylic oxidation sites excluding steroid dienone is 8. The summed E-state index contributed by atoms with van der Waals surface area (Å²) in [5, 5.41) is 0. The maximum absolute atomic E-state index is 6.10. The van der Waals surface area contributed by atoms with E-state index >= 15 is 0 Å². The Bertz CT molecular complexity index is 2670. The van der Waals surface area contributed by atoms with Gasteiger partial charge in [-0.2, -0.15) is 0 Å². The molecule has 0 radical (unpaired) electrons. The van der Waals surface area contributed by atoms with Gasteiger partial charge in [-0.05, 0) is 129 Å². The number of hydrogen-bond acceptors (Lipinski definition) is 1. The standard InChI is InChI=1S/C53H41N/c1-5-18-39-44-32-30-37(34-50(44)53(45(39)6-2)47-26-15-11-23-41(47)42-24-12-16-27-48(42)53)54(51-28-17-13-21-38(51)35-19-8-7-9-20-35)36-29-31-43-40-22-10-14-25-46(40)52(3,4)49(43)33-36/h1,6,8,10-34H,7,9H2,2-4H3/b39-18?,45-6+. The van der Waals surface area contributed by atoms with Gasteiger partial charge in [-0.15, -0.1) is 6.42 Å². The van der Waals surface area contributed by atoms with E-state index in [1.807, 2.05) is 6.08 Å². The lowest BCUT2D eigenvalue weighted by molar-refractivity contribution is 0.660. The van der Waals surface area contributed by atoms with Gasteiger partial charge >= 0.3 is 0 Å². The molecule has 0 aromatic heterocycles. The van der Waals surface area contributed by atoms with Crippen LogP contribution in [0.5, 0.6) is 0 Å². The zero-order chi connectivity index (χ0) is 36.6. The molecule has 6 aromatic rings. The van der Waals surface area contributed by atoms with E-state index in [1.165, 1.54) is 72.3 Å². The van der Waals surface area contributed by atoms with Crippen LogP contribution in [0.4, 0.5) is 17.1 Å². The third kappa shape index (κ3) is 4.35. The highest BCUT2D eigenvalue weighted by Gasteiger charge is 2.53. The first-order valence-electron chi connectivity index (χ1n) is 19.2. The van der Waals surface area contributed by atoms with E-state index < -0.39 is 5.41 Å². The Balaban J connectivity index is 1.27. The summed E-state index contributed by atoms with van der Waals surface area (Å²) in [6.07, 6.45) is 19.5. The third-order valence-electron chi connectivity index (χ3n) is 12.4. The first kappa shape index (κ1) is 32.3. The Morgan fingerprint density at radius 3 is 1.78 bits per heavy atom. The summed E-state index contributed by atoms with van der Waals surface area (Å²) < 4.78 is 0. The number of nitrogens with zero attached hydrogens (tertiary/aromatic N) is 1. The van der Waals surface area contributed by atoms with Gasteiger partial charge in [-0.1, -0.05) is 147 Å². The van der Waals surface area contributed by atoms with Crippen molar-refractivity contribution in [3.8, 4) is 34.6 Å². The lowest BCUT2D eigenvalue weighted by Gasteiger charge is -2.33. The van der Waals surface area contributed by atoms with Crippen LogP contribution < -0.4 is 4.90 Å². The second-order valence-corrected chi connectivity index (χ2v) is 15.4. The maximum atomic E-state index is 6.10. The maximum Gasteiger partial charge on any atom is 0.0723 e. The molecule has 1 nitrogen and oxygen atoms in total. The van der Waals surface area contributed by atoms with Gasteiger partial charge < -0.3 is 4.90 Å². The molecule has 10 rings (SSSR count). The van der Waals surface area contributed by atoms with Crippen molar-refractivity contribution in [3.63, 3.8) is 0 Å². The molecule has 0 bridgehead atoms. The molecule has 1 spiro atoms. The molecule has 0 aliphatic heterocycles. The molecule has 0 N–H and O–H groups in total. The van der Waals surface area contributed by atoms with E-state index in [4.69, 9.17) is 6.42 Å². The summed E-state index contributed by atoms with van der Waals surface area (Å²) in [6.45, 7) is 6.89. The fraction of sp³-hybridized carbons (Fsp3) is 0.132. The molecule has 6 aromatic carbocycles. The molecule has 4 aliphatic carbocycles. The Morgan fingerprint density at radius 2 is 1.15 bits per heavy atom. The van der Waals surface area contributed by atoms with E-state index in [1.54, 1.807) is 0 Å². The van der Waals surface area contributed by atoms with E-state index in [-0.39, 0.29) is 5.41 Å². The quantitative estimate of drug-likeness (QED) is 0.166. The van der Waals surface area contributed by atoms with E-state index in [2.05, 4.69) is 189 Å². The summed E-state index contributed by atoms with van der Waals surface area (Å²) in [7, 11) is 0. The highest BCUT2D eigenvalue weighted by Crippen LogP contribution is 2.64. The molecule has 4 aliphatic rings. The number of terminal acetylenes is 1. The van der Waals surface area contributed by atoms with Gasteiger partial charge in [0.25, 0.3) is 0 Å². The van der Waals surface area contributed by atoms with Gasteiger partial charge in [0.05, 0.1) is 11.1 Å². The van der Waals surface area contributed by atoms with E-state index in [0.717, 1.165) is 35.5 Å². The van der Waals surface area contributed by atoms with Crippen LogP contribution in [-0.2, 0) is 10.8 Å². The SMILES string of the molecule is C#CC=C1/C(=C\C)C2(c3cc(N(c4ccc5c(c4)C(C)(C)c4ccccc4-5)c4ccccc4C4=CCCC=C4)ccc31)c1ccccc1-c1ccccc12. The van der Waals surface area contributed by atoms with Gasteiger partial charge in [0.2, 0.25) is 0 Å². The zero-order valence-electron chi connectivity index (χ0n) is 31.0. The summed E-state index contributed by atoms with van der Waals surface area (Å²) >= 11 is 0. The highest BCUT2D eigenvalue weighted by atomic mass is 15.1. The Labute approximate surface area is 319 Å². The Kier molecular flexibility index (Phi) is 7.23. The molecule has 0 saturated carbocycles. The van der Waals surface area contributed by atoms with Crippen molar-refractivity contribution in [1.29, 1.82) is 0 Å². The average Bonchev–Trinajstić information content (AvgIpc) is 3.76. The van der Waals surface area contributed by atoms with Crippen molar-refractivity contribution in [2.75, 3.05) is 4.90 Å². The fourth-order valence-electron chi connectivity index (χ4n) is 10.1. The molecule has 0 saturated heterocycles.